The highest BCUT2D eigenvalue weighted by Crippen LogP contribution is 2.24. The maximum absolute atomic E-state index is 13.8. The number of hydrogen-bond donors (Lipinski definition) is 1. The molecule has 0 aromatic heterocycles. The first-order valence-electron chi connectivity index (χ1n) is 10.1. The summed E-state index contributed by atoms with van der Waals surface area (Å²) >= 11 is 7.62. The number of halogens is 2. The van der Waals surface area contributed by atoms with E-state index in [-0.39, 0.29) is 17.6 Å². The van der Waals surface area contributed by atoms with Crippen molar-refractivity contribution in [1.29, 1.82) is 0 Å². The van der Waals surface area contributed by atoms with Gasteiger partial charge in [0.15, 0.2) is 0 Å². The molecule has 3 rings (SSSR count). The van der Waals surface area contributed by atoms with Gasteiger partial charge in [-0.3, -0.25) is 9.69 Å². The lowest BCUT2D eigenvalue weighted by atomic mass is 9.96. The van der Waals surface area contributed by atoms with Gasteiger partial charge in [0.1, 0.15) is 5.82 Å². The van der Waals surface area contributed by atoms with Crippen LogP contribution >= 0.6 is 23.4 Å². The Morgan fingerprint density at radius 3 is 2.93 bits per heavy atom. The monoisotopic (exact) mass is 434 g/mol. The van der Waals surface area contributed by atoms with Gasteiger partial charge >= 0.3 is 0 Å². The smallest absolute Gasteiger partial charge is 0.224 e. The van der Waals surface area contributed by atoms with Crippen LogP contribution in [-0.2, 0) is 17.1 Å². The third-order valence-electron chi connectivity index (χ3n) is 5.22. The van der Waals surface area contributed by atoms with Crippen molar-refractivity contribution in [1.82, 2.24) is 10.2 Å². The molecule has 1 saturated heterocycles. The Morgan fingerprint density at radius 1 is 1.31 bits per heavy atom. The summed E-state index contributed by atoms with van der Waals surface area (Å²) < 4.78 is 13.8. The Morgan fingerprint density at radius 2 is 2.14 bits per heavy atom. The highest BCUT2D eigenvalue weighted by Gasteiger charge is 2.25. The number of nitrogens with one attached hydrogen (secondary N) is 1. The Hall–Kier alpha value is -1.56. The van der Waals surface area contributed by atoms with Crippen LogP contribution in [0, 0.1) is 18.7 Å². The van der Waals surface area contributed by atoms with E-state index in [0.29, 0.717) is 22.9 Å². The van der Waals surface area contributed by atoms with Gasteiger partial charge in [-0.05, 0) is 44.0 Å². The molecule has 0 saturated carbocycles. The van der Waals surface area contributed by atoms with Crippen molar-refractivity contribution in [3.8, 4) is 0 Å². The van der Waals surface area contributed by atoms with Crippen molar-refractivity contribution >= 4 is 29.3 Å². The molecule has 0 spiro atoms. The molecule has 1 unspecified atom stereocenters. The van der Waals surface area contributed by atoms with Gasteiger partial charge in [-0.25, -0.2) is 4.39 Å². The van der Waals surface area contributed by atoms with Crippen molar-refractivity contribution in [2.75, 3.05) is 25.4 Å². The molecule has 156 valence electrons. The van der Waals surface area contributed by atoms with Gasteiger partial charge in [0.25, 0.3) is 0 Å². The van der Waals surface area contributed by atoms with Crippen LogP contribution in [0.25, 0.3) is 0 Å². The number of thioether (sulfide) groups is 1. The summed E-state index contributed by atoms with van der Waals surface area (Å²) in [6.45, 7) is 5.43. The van der Waals surface area contributed by atoms with Crippen molar-refractivity contribution in [3.63, 3.8) is 0 Å². The van der Waals surface area contributed by atoms with Crippen LogP contribution < -0.4 is 5.32 Å². The normalized spacial score (nSPS) is 17.3. The van der Waals surface area contributed by atoms with E-state index < -0.39 is 0 Å². The fourth-order valence-electron chi connectivity index (χ4n) is 3.72. The highest BCUT2D eigenvalue weighted by atomic mass is 35.5. The Labute approximate surface area is 182 Å². The molecular formula is C23H28ClFN2OS. The summed E-state index contributed by atoms with van der Waals surface area (Å²) in [6.07, 6.45) is 1.98. The molecule has 0 aliphatic carbocycles. The van der Waals surface area contributed by atoms with E-state index in [9.17, 15) is 9.18 Å². The largest absolute Gasteiger partial charge is 0.355 e. The molecule has 3 nitrogen and oxygen atoms in total. The summed E-state index contributed by atoms with van der Waals surface area (Å²) in [5.41, 5.74) is 3.10. The van der Waals surface area contributed by atoms with Crippen molar-refractivity contribution in [3.05, 3.63) is 70.0 Å². The van der Waals surface area contributed by atoms with E-state index in [0.717, 1.165) is 38.2 Å². The van der Waals surface area contributed by atoms with E-state index in [4.69, 9.17) is 11.6 Å². The third-order valence-corrected chi connectivity index (χ3v) is 6.56. The lowest BCUT2D eigenvalue weighted by Gasteiger charge is -2.32. The van der Waals surface area contributed by atoms with Gasteiger partial charge in [-0.15, -0.1) is 0 Å². The van der Waals surface area contributed by atoms with Gasteiger partial charge in [-0.2, -0.15) is 11.8 Å². The number of hydrogen-bond acceptors (Lipinski definition) is 3. The van der Waals surface area contributed by atoms with Gasteiger partial charge in [0.05, 0.1) is 5.92 Å². The van der Waals surface area contributed by atoms with Crippen LogP contribution in [0.3, 0.4) is 0 Å². The summed E-state index contributed by atoms with van der Waals surface area (Å²) in [6, 6.07) is 13.3. The number of aryl methyl sites for hydroxylation is 1. The second-order valence-electron chi connectivity index (χ2n) is 7.61. The predicted octanol–water partition coefficient (Wildman–Crippen LogP) is 5.05. The average molecular weight is 435 g/mol. The minimum atomic E-state index is -0.273. The molecule has 29 heavy (non-hydrogen) atoms. The summed E-state index contributed by atoms with van der Waals surface area (Å²) in [4.78, 5) is 14.9. The van der Waals surface area contributed by atoms with Crippen LogP contribution in [0.1, 0.15) is 29.5 Å². The maximum atomic E-state index is 13.8. The molecule has 6 heteroatoms. The van der Waals surface area contributed by atoms with Gasteiger partial charge < -0.3 is 5.32 Å². The van der Waals surface area contributed by atoms with Crippen LogP contribution in [0.5, 0.6) is 0 Å². The van der Waals surface area contributed by atoms with E-state index in [1.165, 1.54) is 17.2 Å². The van der Waals surface area contributed by atoms with Crippen LogP contribution in [0.4, 0.5) is 4.39 Å². The van der Waals surface area contributed by atoms with Crippen LogP contribution in [0.15, 0.2) is 42.5 Å². The topological polar surface area (TPSA) is 32.3 Å². The fraction of sp³-hybridized carbons (Fsp3) is 0.435. The molecule has 2 aromatic carbocycles. The van der Waals surface area contributed by atoms with E-state index in [1.54, 1.807) is 23.9 Å². The zero-order valence-electron chi connectivity index (χ0n) is 16.8. The number of carbonyl (C=O) groups is 1. The Kier molecular flexibility index (Phi) is 8.40. The number of benzene rings is 2. The molecule has 2 aromatic rings. The quantitative estimate of drug-likeness (QED) is 0.590. The lowest BCUT2D eigenvalue weighted by molar-refractivity contribution is -0.126. The molecular weight excluding hydrogens is 407 g/mol. The molecule has 1 N–H and O–H groups in total. The zero-order valence-corrected chi connectivity index (χ0v) is 18.4. The highest BCUT2D eigenvalue weighted by molar-refractivity contribution is 7.98. The number of rotatable bonds is 8. The molecule has 1 fully saturated rings. The summed E-state index contributed by atoms with van der Waals surface area (Å²) in [7, 11) is 0. The minimum absolute atomic E-state index is 0.0413. The van der Waals surface area contributed by atoms with Crippen LogP contribution in [-0.4, -0.2) is 36.2 Å². The van der Waals surface area contributed by atoms with Gasteiger partial charge in [0, 0.05) is 41.7 Å². The summed E-state index contributed by atoms with van der Waals surface area (Å²) in [5.74, 6) is 1.14. The molecule has 1 atom stereocenters. The van der Waals surface area contributed by atoms with Crippen molar-refractivity contribution < 1.29 is 9.18 Å². The Bertz CT molecular complexity index is 812. The van der Waals surface area contributed by atoms with Gasteiger partial charge in [0.2, 0.25) is 5.91 Å². The number of carbonyl (C=O) groups excluding carboxylic acids is 1. The number of piperidine rings is 1. The standard InChI is InChI=1S/C23H28ClFN2OS/c1-17-5-2-6-18(13-17)14-27-11-4-7-19(15-27)23(28)26-10-12-29-16-20-21(24)8-3-9-22(20)25/h2-3,5-6,8-9,13,19H,4,7,10-12,14-16H2,1H3,(H,26,28). The molecule has 1 heterocycles. The van der Waals surface area contributed by atoms with Crippen molar-refractivity contribution in [2.24, 2.45) is 5.92 Å². The number of nitrogens with zero attached hydrogens (tertiary/aromatic N) is 1. The summed E-state index contributed by atoms with van der Waals surface area (Å²) in [5, 5.41) is 3.50. The first-order chi connectivity index (χ1) is 14.0. The van der Waals surface area contributed by atoms with E-state index in [1.807, 2.05) is 0 Å². The number of likely N-dealkylation sites (tertiary alicyclic amines) is 1. The molecule has 1 amide bonds. The average Bonchev–Trinajstić information content (AvgIpc) is 2.70. The molecule has 1 aliphatic heterocycles. The predicted molar refractivity (Wildman–Crippen MR) is 120 cm³/mol. The minimum Gasteiger partial charge on any atom is -0.355 e. The molecule has 1 aliphatic rings. The van der Waals surface area contributed by atoms with E-state index >= 15 is 0 Å². The Balaban J connectivity index is 1.39. The molecule has 0 radical (unpaired) electrons. The maximum Gasteiger partial charge on any atom is 0.224 e. The second kappa shape index (κ2) is 11.0. The first kappa shape index (κ1) is 22.1. The fourth-order valence-corrected chi connectivity index (χ4v) is 4.91. The second-order valence-corrected chi connectivity index (χ2v) is 9.12. The van der Waals surface area contributed by atoms with E-state index in [2.05, 4.69) is 41.4 Å². The van der Waals surface area contributed by atoms with Crippen molar-refractivity contribution in [2.45, 2.75) is 32.1 Å². The first-order valence-corrected chi connectivity index (χ1v) is 11.6. The van der Waals surface area contributed by atoms with Gasteiger partial charge in [-0.1, -0.05) is 47.5 Å². The molecule has 0 bridgehead atoms. The third kappa shape index (κ3) is 6.73. The lowest BCUT2D eigenvalue weighted by Crippen LogP contribution is -2.43. The number of amides is 1. The zero-order chi connectivity index (χ0) is 20.6. The van der Waals surface area contributed by atoms with Crippen LogP contribution in [0.2, 0.25) is 5.02 Å². The SMILES string of the molecule is Cc1cccc(CN2CCCC(C(=O)NCCSCc3c(F)cccc3Cl)C2)c1.